The first kappa shape index (κ1) is 12.3. The van der Waals surface area contributed by atoms with Gasteiger partial charge in [0.2, 0.25) is 0 Å². The van der Waals surface area contributed by atoms with Crippen LogP contribution in [0.2, 0.25) is 0 Å². The van der Waals surface area contributed by atoms with E-state index >= 15 is 0 Å². The molecule has 4 heteroatoms. The van der Waals surface area contributed by atoms with Gasteiger partial charge in [-0.3, -0.25) is 4.79 Å². The Kier molecular flexibility index (Phi) is 3.69. The Labute approximate surface area is 104 Å². The van der Waals surface area contributed by atoms with Crippen LogP contribution in [0, 0.1) is 5.82 Å². The lowest BCUT2D eigenvalue weighted by molar-refractivity contribution is 0.102. The number of amides is 1. The van der Waals surface area contributed by atoms with Crippen molar-refractivity contribution in [2.45, 2.75) is 6.61 Å². The van der Waals surface area contributed by atoms with E-state index in [2.05, 4.69) is 5.32 Å². The largest absolute Gasteiger partial charge is 0.392 e. The molecule has 0 aliphatic rings. The third-order valence-electron chi connectivity index (χ3n) is 2.52. The molecule has 92 valence electrons. The molecule has 0 aliphatic heterocycles. The van der Waals surface area contributed by atoms with E-state index in [1.54, 1.807) is 30.3 Å². The molecular weight excluding hydrogens is 233 g/mol. The second-order valence-electron chi connectivity index (χ2n) is 3.78. The van der Waals surface area contributed by atoms with E-state index in [-0.39, 0.29) is 18.1 Å². The highest BCUT2D eigenvalue weighted by Crippen LogP contribution is 2.15. The Balaban J connectivity index is 2.15. The summed E-state index contributed by atoms with van der Waals surface area (Å²) in [6.07, 6.45) is 0. The molecular formula is C14H12FNO2. The number of anilines is 1. The average Bonchev–Trinajstić information content (AvgIpc) is 2.40. The first-order valence-corrected chi connectivity index (χ1v) is 5.46. The minimum Gasteiger partial charge on any atom is -0.392 e. The zero-order chi connectivity index (χ0) is 13.0. The first-order valence-electron chi connectivity index (χ1n) is 5.46. The van der Waals surface area contributed by atoms with Crippen LogP contribution in [0.4, 0.5) is 10.1 Å². The topological polar surface area (TPSA) is 49.3 Å². The molecule has 3 nitrogen and oxygen atoms in total. The van der Waals surface area contributed by atoms with E-state index in [1.165, 1.54) is 12.1 Å². The maximum absolute atomic E-state index is 13.4. The van der Waals surface area contributed by atoms with Crippen molar-refractivity contribution in [3.63, 3.8) is 0 Å². The molecule has 0 atom stereocenters. The van der Waals surface area contributed by atoms with Gasteiger partial charge in [-0.2, -0.15) is 0 Å². The number of aliphatic hydroxyl groups is 1. The van der Waals surface area contributed by atoms with Crippen molar-refractivity contribution in [3.8, 4) is 0 Å². The highest BCUT2D eigenvalue weighted by molar-refractivity contribution is 6.04. The molecule has 0 aromatic heterocycles. The molecule has 2 aromatic rings. The SMILES string of the molecule is O=C(Nc1ccc(CO)c(F)c1)c1ccccc1. The summed E-state index contributed by atoms with van der Waals surface area (Å²) in [4.78, 5) is 11.8. The maximum atomic E-state index is 13.4. The highest BCUT2D eigenvalue weighted by Gasteiger charge is 2.07. The summed E-state index contributed by atoms with van der Waals surface area (Å²) in [6.45, 7) is -0.362. The second-order valence-corrected chi connectivity index (χ2v) is 3.78. The maximum Gasteiger partial charge on any atom is 0.255 e. The van der Waals surface area contributed by atoms with E-state index in [0.29, 0.717) is 11.3 Å². The number of carbonyl (C=O) groups excluding carboxylic acids is 1. The van der Waals surface area contributed by atoms with Crippen molar-refractivity contribution in [3.05, 3.63) is 65.5 Å². The van der Waals surface area contributed by atoms with E-state index in [0.717, 1.165) is 0 Å². The number of benzene rings is 2. The summed E-state index contributed by atoms with van der Waals surface area (Å²) in [5.74, 6) is -0.838. The molecule has 0 unspecified atom stereocenters. The molecule has 0 saturated heterocycles. The summed E-state index contributed by atoms with van der Waals surface area (Å²) < 4.78 is 13.4. The van der Waals surface area contributed by atoms with Crippen molar-refractivity contribution in [1.82, 2.24) is 0 Å². The normalized spacial score (nSPS) is 10.1. The Hall–Kier alpha value is -2.20. The van der Waals surface area contributed by atoms with Gasteiger partial charge in [0.05, 0.1) is 6.61 Å². The lowest BCUT2D eigenvalue weighted by Gasteiger charge is -2.06. The molecule has 2 aromatic carbocycles. The average molecular weight is 245 g/mol. The van der Waals surface area contributed by atoms with E-state index < -0.39 is 5.82 Å². The smallest absolute Gasteiger partial charge is 0.255 e. The molecule has 0 saturated carbocycles. The Morgan fingerprint density at radius 2 is 1.89 bits per heavy atom. The van der Waals surface area contributed by atoms with Gasteiger partial charge in [0.25, 0.3) is 5.91 Å². The van der Waals surface area contributed by atoms with Gasteiger partial charge in [0.1, 0.15) is 5.82 Å². The molecule has 0 bridgehead atoms. The second kappa shape index (κ2) is 5.42. The van der Waals surface area contributed by atoms with Gasteiger partial charge >= 0.3 is 0 Å². The predicted molar refractivity (Wildman–Crippen MR) is 66.7 cm³/mol. The number of hydrogen-bond donors (Lipinski definition) is 2. The molecule has 0 radical (unpaired) electrons. The van der Waals surface area contributed by atoms with Gasteiger partial charge in [-0.1, -0.05) is 24.3 Å². The number of aliphatic hydroxyl groups excluding tert-OH is 1. The first-order chi connectivity index (χ1) is 8.70. The molecule has 2 rings (SSSR count). The summed E-state index contributed by atoms with van der Waals surface area (Å²) in [5, 5.41) is 11.4. The van der Waals surface area contributed by atoms with Gasteiger partial charge in [0, 0.05) is 16.8 Å². The lowest BCUT2D eigenvalue weighted by atomic mass is 10.2. The molecule has 0 fully saturated rings. The van der Waals surface area contributed by atoms with Gasteiger partial charge in [-0.25, -0.2) is 4.39 Å². The monoisotopic (exact) mass is 245 g/mol. The number of carbonyl (C=O) groups is 1. The quantitative estimate of drug-likeness (QED) is 0.873. The van der Waals surface area contributed by atoms with E-state index in [9.17, 15) is 9.18 Å². The zero-order valence-corrected chi connectivity index (χ0v) is 9.56. The van der Waals surface area contributed by atoms with E-state index in [4.69, 9.17) is 5.11 Å². The van der Waals surface area contributed by atoms with Crippen LogP contribution in [0.5, 0.6) is 0 Å². The molecule has 0 aliphatic carbocycles. The standard InChI is InChI=1S/C14H12FNO2/c15-13-8-12(7-6-11(13)9-17)16-14(18)10-4-2-1-3-5-10/h1-8,17H,9H2,(H,16,18). The molecule has 1 amide bonds. The van der Waals surface area contributed by atoms with Gasteiger partial charge in [-0.15, -0.1) is 0 Å². The summed E-state index contributed by atoms with van der Waals surface area (Å²) in [7, 11) is 0. The summed E-state index contributed by atoms with van der Waals surface area (Å²) >= 11 is 0. The third kappa shape index (κ3) is 2.73. The lowest BCUT2D eigenvalue weighted by Crippen LogP contribution is -2.11. The number of halogens is 1. The summed E-state index contributed by atoms with van der Waals surface area (Å²) in [5.41, 5.74) is 1.07. The van der Waals surface area contributed by atoms with Crippen LogP contribution in [-0.2, 0) is 6.61 Å². The fourth-order valence-corrected chi connectivity index (χ4v) is 1.55. The van der Waals surface area contributed by atoms with Crippen molar-refractivity contribution in [2.24, 2.45) is 0 Å². The predicted octanol–water partition coefficient (Wildman–Crippen LogP) is 2.57. The fraction of sp³-hybridized carbons (Fsp3) is 0.0714. The minimum atomic E-state index is -0.539. The van der Waals surface area contributed by atoms with Crippen molar-refractivity contribution in [2.75, 3.05) is 5.32 Å². The zero-order valence-electron chi connectivity index (χ0n) is 9.56. The Morgan fingerprint density at radius 3 is 2.50 bits per heavy atom. The summed E-state index contributed by atoms with van der Waals surface area (Å²) in [6, 6.07) is 12.8. The van der Waals surface area contributed by atoms with Crippen LogP contribution in [-0.4, -0.2) is 11.0 Å². The number of nitrogens with one attached hydrogen (secondary N) is 1. The van der Waals surface area contributed by atoms with E-state index in [1.807, 2.05) is 6.07 Å². The molecule has 18 heavy (non-hydrogen) atoms. The fourth-order valence-electron chi connectivity index (χ4n) is 1.55. The molecule has 0 heterocycles. The van der Waals surface area contributed by atoms with Crippen LogP contribution in [0.15, 0.2) is 48.5 Å². The Morgan fingerprint density at radius 1 is 1.17 bits per heavy atom. The van der Waals surface area contributed by atoms with Crippen molar-refractivity contribution >= 4 is 11.6 Å². The highest BCUT2D eigenvalue weighted by atomic mass is 19.1. The number of hydrogen-bond acceptors (Lipinski definition) is 2. The van der Waals surface area contributed by atoms with Crippen LogP contribution in [0.25, 0.3) is 0 Å². The van der Waals surface area contributed by atoms with Crippen molar-refractivity contribution < 1.29 is 14.3 Å². The van der Waals surface area contributed by atoms with Crippen LogP contribution in [0.3, 0.4) is 0 Å². The number of rotatable bonds is 3. The third-order valence-corrected chi connectivity index (χ3v) is 2.52. The minimum absolute atomic E-state index is 0.202. The van der Waals surface area contributed by atoms with Gasteiger partial charge in [0.15, 0.2) is 0 Å². The van der Waals surface area contributed by atoms with Crippen LogP contribution < -0.4 is 5.32 Å². The van der Waals surface area contributed by atoms with Gasteiger partial charge in [-0.05, 0) is 24.3 Å². The van der Waals surface area contributed by atoms with Gasteiger partial charge < -0.3 is 10.4 Å². The molecule has 2 N–H and O–H groups in total. The van der Waals surface area contributed by atoms with Crippen molar-refractivity contribution in [1.29, 1.82) is 0 Å². The Bertz CT molecular complexity index is 555. The molecule has 0 spiro atoms. The van der Waals surface area contributed by atoms with Crippen LogP contribution in [0.1, 0.15) is 15.9 Å². The van der Waals surface area contributed by atoms with Crippen LogP contribution >= 0.6 is 0 Å².